The van der Waals surface area contributed by atoms with Crippen LogP contribution in [0.15, 0.2) is 42.0 Å². The normalized spacial score (nSPS) is 15.9. The minimum Gasteiger partial charge on any atom is -0.508 e. The number of rotatable bonds is 2. The summed E-state index contributed by atoms with van der Waals surface area (Å²) in [4.78, 5) is 24.6. The molecule has 1 fully saturated rings. The molecule has 0 bridgehead atoms. The number of phenolic OH excluding ortho intramolecular Hbond substituents is 2. The number of hydrazine groups is 1. The van der Waals surface area contributed by atoms with Crippen LogP contribution in [0.3, 0.4) is 0 Å². The molecular formula is C17H13ClN2O4. The number of amides is 2. The third-order valence-electron chi connectivity index (χ3n) is 3.62. The minimum atomic E-state index is -0.593. The summed E-state index contributed by atoms with van der Waals surface area (Å²) < 4.78 is 0. The summed E-state index contributed by atoms with van der Waals surface area (Å²) in [5.74, 6) is -1.51. The lowest BCUT2D eigenvalue weighted by atomic mass is 10.1. The smallest absolute Gasteiger partial charge is 0.282 e. The van der Waals surface area contributed by atoms with Gasteiger partial charge in [-0.15, -0.1) is 0 Å². The summed E-state index contributed by atoms with van der Waals surface area (Å²) in [5, 5.41) is 20.7. The van der Waals surface area contributed by atoms with Crippen molar-refractivity contribution in [1.82, 2.24) is 5.43 Å². The second kappa shape index (κ2) is 5.90. The summed E-state index contributed by atoms with van der Waals surface area (Å²) >= 11 is 6.06. The quantitative estimate of drug-likeness (QED) is 0.577. The molecular weight excluding hydrogens is 332 g/mol. The van der Waals surface area contributed by atoms with Crippen LogP contribution in [0.4, 0.5) is 5.69 Å². The van der Waals surface area contributed by atoms with Gasteiger partial charge in [0.25, 0.3) is 11.8 Å². The van der Waals surface area contributed by atoms with Gasteiger partial charge in [0.1, 0.15) is 17.1 Å². The van der Waals surface area contributed by atoms with Crippen LogP contribution in [0.5, 0.6) is 11.5 Å². The fourth-order valence-corrected chi connectivity index (χ4v) is 2.44. The lowest BCUT2D eigenvalue weighted by molar-refractivity contribution is -0.117. The van der Waals surface area contributed by atoms with Gasteiger partial charge in [-0.1, -0.05) is 17.7 Å². The van der Waals surface area contributed by atoms with E-state index in [4.69, 9.17) is 11.6 Å². The first-order valence-electron chi connectivity index (χ1n) is 7.02. The zero-order chi connectivity index (χ0) is 17.4. The Morgan fingerprint density at radius 1 is 1.12 bits per heavy atom. The Morgan fingerprint density at radius 3 is 2.54 bits per heavy atom. The Morgan fingerprint density at radius 2 is 1.88 bits per heavy atom. The van der Waals surface area contributed by atoms with Gasteiger partial charge in [-0.25, -0.2) is 5.01 Å². The van der Waals surface area contributed by atoms with E-state index in [-0.39, 0.29) is 22.6 Å². The number of carbonyl (C=O) groups is 2. The number of anilines is 1. The fourth-order valence-electron chi connectivity index (χ4n) is 2.27. The van der Waals surface area contributed by atoms with E-state index in [2.05, 4.69) is 5.43 Å². The van der Waals surface area contributed by atoms with Gasteiger partial charge in [-0.05, 0) is 42.8 Å². The SMILES string of the molecule is Cc1ccc(N2NC(=O)C(=Cc3ccc(O)cc3O)C2=O)cc1Cl. The highest BCUT2D eigenvalue weighted by molar-refractivity contribution is 6.33. The first-order valence-corrected chi connectivity index (χ1v) is 7.40. The number of nitrogens with one attached hydrogen (secondary N) is 1. The van der Waals surface area contributed by atoms with Gasteiger partial charge in [-0.3, -0.25) is 15.0 Å². The number of benzene rings is 2. The van der Waals surface area contributed by atoms with Gasteiger partial charge in [0, 0.05) is 16.7 Å². The standard InChI is InChI=1S/C17H13ClN2O4/c1-9-2-4-11(7-14(9)18)20-17(24)13(16(23)19-20)6-10-3-5-12(21)8-15(10)22/h2-8,21-22H,1H3,(H,19,23). The first-order chi connectivity index (χ1) is 11.4. The van der Waals surface area contributed by atoms with Crippen LogP contribution in [0.25, 0.3) is 6.08 Å². The number of aromatic hydroxyl groups is 2. The Balaban J connectivity index is 1.97. The molecule has 122 valence electrons. The summed E-state index contributed by atoms with van der Waals surface area (Å²) in [5.41, 5.74) is 3.85. The highest BCUT2D eigenvalue weighted by Crippen LogP contribution is 2.28. The van der Waals surface area contributed by atoms with Crippen molar-refractivity contribution < 1.29 is 19.8 Å². The first kappa shape index (κ1) is 15.9. The van der Waals surface area contributed by atoms with Crippen molar-refractivity contribution in [2.45, 2.75) is 6.92 Å². The summed E-state index contributed by atoms with van der Waals surface area (Å²) in [6, 6.07) is 8.87. The number of hydrogen-bond donors (Lipinski definition) is 3. The van der Waals surface area contributed by atoms with Crippen molar-refractivity contribution in [3.63, 3.8) is 0 Å². The third kappa shape index (κ3) is 2.79. The number of nitrogens with zero attached hydrogens (tertiary/aromatic N) is 1. The molecule has 0 unspecified atom stereocenters. The van der Waals surface area contributed by atoms with Gasteiger partial charge in [0.15, 0.2) is 0 Å². The molecule has 7 heteroatoms. The minimum absolute atomic E-state index is 0.118. The zero-order valence-corrected chi connectivity index (χ0v) is 13.3. The van der Waals surface area contributed by atoms with E-state index >= 15 is 0 Å². The molecule has 1 saturated heterocycles. The maximum Gasteiger partial charge on any atom is 0.282 e. The molecule has 0 spiro atoms. The topological polar surface area (TPSA) is 89.9 Å². The second-order valence-electron chi connectivity index (χ2n) is 5.32. The molecule has 2 aromatic rings. The maximum absolute atomic E-state index is 12.5. The Hall–Kier alpha value is -2.99. The van der Waals surface area contributed by atoms with E-state index in [0.717, 1.165) is 16.6 Å². The molecule has 2 amide bonds. The molecule has 0 atom stereocenters. The molecule has 3 rings (SSSR count). The number of phenols is 2. The van der Waals surface area contributed by atoms with Gasteiger partial charge in [0.2, 0.25) is 0 Å². The van der Waals surface area contributed by atoms with Crippen molar-refractivity contribution in [2.75, 3.05) is 5.01 Å². The van der Waals surface area contributed by atoms with E-state index in [0.29, 0.717) is 10.7 Å². The summed E-state index contributed by atoms with van der Waals surface area (Å²) in [7, 11) is 0. The van der Waals surface area contributed by atoms with Crippen molar-refractivity contribution in [2.24, 2.45) is 0 Å². The molecule has 1 aliphatic heterocycles. The van der Waals surface area contributed by atoms with Gasteiger partial charge in [-0.2, -0.15) is 0 Å². The van der Waals surface area contributed by atoms with Gasteiger partial charge < -0.3 is 10.2 Å². The zero-order valence-electron chi connectivity index (χ0n) is 12.6. The van der Waals surface area contributed by atoms with Crippen LogP contribution in [0.1, 0.15) is 11.1 Å². The number of carbonyl (C=O) groups excluding carboxylic acids is 2. The molecule has 24 heavy (non-hydrogen) atoms. The number of hydrogen-bond acceptors (Lipinski definition) is 4. The van der Waals surface area contributed by atoms with Gasteiger partial charge >= 0.3 is 0 Å². The molecule has 3 N–H and O–H groups in total. The Labute approximate surface area is 142 Å². The molecule has 0 aromatic heterocycles. The van der Waals surface area contributed by atoms with Crippen molar-refractivity contribution >= 4 is 35.2 Å². The van der Waals surface area contributed by atoms with Crippen LogP contribution in [-0.4, -0.2) is 22.0 Å². The number of halogens is 1. The third-order valence-corrected chi connectivity index (χ3v) is 4.03. The van der Waals surface area contributed by atoms with Crippen molar-refractivity contribution in [1.29, 1.82) is 0 Å². The molecule has 0 radical (unpaired) electrons. The summed E-state index contributed by atoms with van der Waals surface area (Å²) in [6.45, 7) is 1.83. The van der Waals surface area contributed by atoms with Crippen LogP contribution in [0, 0.1) is 6.92 Å². The molecule has 1 aliphatic rings. The maximum atomic E-state index is 12.5. The van der Waals surface area contributed by atoms with E-state index in [1.165, 1.54) is 18.2 Å². The largest absolute Gasteiger partial charge is 0.508 e. The van der Waals surface area contributed by atoms with Crippen molar-refractivity contribution in [3.8, 4) is 11.5 Å². The number of aryl methyl sites for hydroxylation is 1. The lowest BCUT2D eigenvalue weighted by Crippen LogP contribution is -2.35. The van der Waals surface area contributed by atoms with Crippen LogP contribution >= 0.6 is 11.6 Å². The molecule has 6 nitrogen and oxygen atoms in total. The monoisotopic (exact) mass is 344 g/mol. The molecule has 2 aromatic carbocycles. The molecule has 0 aliphatic carbocycles. The molecule has 0 saturated carbocycles. The summed E-state index contributed by atoms with van der Waals surface area (Å²) in [6.07, 6.45) is 1.27. The lowest BCUT2D eigenvalue weighted by Gasteiger charge is -2.15. The van der Waals surface area contributed by atoms with Crippen molar-refractivity contribution in [3.05, 3.63) is 58.1 Å². The Kier molecular flexibility index (Phi) is 3.91. The van der Waals surface area contributed by atoms with E-state index in [1.54, 1.807) is 18.2 Å². The molecule has 1 heterocycles. The van der Waals surface area contributed by atoms with Gasteiger partial charge in [0.05, 0.1) is 5.69 Å². The average Bonchev–Trinajstić information content (AvgIpc) is 2.80. The highest BCUT2D eigenvalue weighted by atomic mass is 35.5. The van der Waals surface area contributed by atoms with E-state index < -0.39 is 11.8 Å². The predicted octanol–water partition coefficient (Wildman–Crippen LogP) is 2.52. The second-order valence-corrected chi connectivity index (χ2v) is 5.72. The average molecular weight is 345 g/mol. The highest BCUT2D eigenvalue weighted by Gasteiger charge is 2.34. The van der Waals surface area contributed by atoms with Crippen LogP contribution in [0.2, 0.25) is 5.02 Å². The van der Waals surface area contributed by atoms with E-state index in [1.807, 2.05) is 6.92 Å². The van der Waals surface area contributed by atoms with Crippen LogP contribution < -0.4 is 10.4 Å². The Bertz CT molecular complexity index is 892. The predicted molar refractivity (Wildman–Crippen MR) is 89.6 cm³/mol. The fraction of sp³-hybridized carbons (Fsp3) is 0.0588. The van der Waals surface area contributed by atoms with Crippen LogP contribution in [-0.2, 0) is 9.59 Å². The van der Waals surface area contributed by atoms with E-state index in [9.17, 15) is 19.8 Å².